The summed E-state index contributed by atoms with van der Waals surface area (Å²) in [6.45, 7) is 3.62. The Kier molecular flexibility index (Phi) is 4.80. The molecular weight excluding hydrogens is 314 g/mol. The van der Waals surface area contributed by atoms with E-state index in [1.54, 1.807) is 0 Å². The lowest BCUT2D eigenvalue weighted by Crippen LogP contribution is -2.50. The van der Waals surface area contributed by atoms with Crippen LogP contribution in [0.15, 0.2) is 54.6 Å². The highest BCUT2D eigenvalue weighted by Gasteiger charge is 2.20. The molecule has 0 aliphatic carbocycles. The van der Waals surface area contributed by atoms with E-state index in [1.807, 2.05) is 48.5 Å². The van der Waals surface area contributed by atoms with Crippen molar-refractivity contribution in [2.45, 2.75) is 0 Å². The van der Waals surface area contributed by atoms with Crippen LogP contribution in [0.4, 0.5) is 11.4 Å². The maximum Gasteiger partial charge on any atom is 0.173 e. The molecule has 0 radical (unpaired) electrons. The predicted octanol–water partition coefficient (Wildman–Crippen LogP) is 3.86. The second-order valence-corrected chi connectivity index (χ2v) is 6.02. The summed E-state index contributed by atoms with van der Waals surface area (Å²) in [5, 5.41) is 4.88. The Balaban J connectivity index is 1.58. The Morgan fingerprint density at radius 1 is 0.909 bits per heavy atom. The van der Waals surface area contributed by atoms with Gasteiger partial charge in [-0.1, -0.05) is 41.9 Å². The number of anilines is 2. The van der Waals surface area contributed by atoms with Crippen LogP contribution in [0.1, 0.15) is 0 Å². The van der Waals surface area contributed by atoms with Gasteiger partial charge in [0.1, 0.15) is 0 Å². The van der Waals surface area contributed by atoms with E-state index in [1.165, 1.54) is 0 Å². The Morgan fingerprint density at radius 3 is 2.23 bits per heavy atom. The number of para-hydroxylation sites is 2. The molecule has 2 aromatic carbocycles. The molecule has 114 valence electrons. The van der Waals surface area contributed by atoms with E-state index in [2.05, 4.69) is 21.2 Å². The zero-order chi connectivity index (χ0) is 15.4. The number of thiocarbonyl (C=S) groups is 1. The number of hydrogen-bond donors (Lipinski definition) is 1. The topological polar surface area (TPSA) is 18.5 Å². The second-order valence-electron chi connectivity index (χ2n) is 5.22. The number of hydrogen-bond acceptors (Lipinski definition) is 2. The average Bonchev–Trinajstić information content (AvgIpc) is 2.56. The van der Waals surface area contributed by atoms with E-state index in [9.17, 15) is 0 Å². The Morgan fingerprint density at radius 2 is 1.55 bits per heavy atom. The SMILES string of the molecule is S=C(Nc1ccccc1)N1CCN(c2ccccc2Cl)CC1. The monoisotopic (exact) mass is 331 g/mol. The fraction of sp³-hybridized carbons (Fsp3) is 0.235. The van der Waals surface area contributed by atoms with E-state index in [0.29, 0.717) is 0 Å². The van der Waals surface area contributed by atoms with Crippen molar-refractivity contribution in [1.82, 2.24) is 4.90 Å². The predicted molar refractivity (Wildman–Crippen MR) is 97.9 cm³/mol. The molecule has 1 saturated heterocycles. The summed E-state index contributed by atoms with van der Waals surface area (Å²) in [5.74, 6) is 0. The summed E-state index contributed by atoms with van der Waals surface area (Å²) in [6.07, 6.45) is 0. The van der Waals surface area contributed by atoms with Crippen molar-refractivity contribution < 1.29 is 0 Å². The minimum Gasteiger partial charge on any atom is -0.367 e. The maximum atomic E-state index is 6.27. The zero-order valence-electron chi connectivity index (χ0n) is 12.2. The van der Waals surface area contributed by atoms with Crippen LogP contribution in [0.2, 0.25) is 5.02 Å². The molecule has 22 heavy (non-hydrogen) atoms. The van der Waals surface area contributed by atoms with Gasteiger partial charge >= 0.3 is 0 Å². The minimum atomic E-state index is 0.782. The summed E-state index contributed by atoms with van der Waals surface area (Å²) in [5.41, 5.74) is 2.13. The molecule has 0 unspecified atom stereocenters. The van der Waals surface area contributed by atoms with Crippen molar-refractivity contribution in [2.24, 2.45) is 0 Å². The van der Waals surface area contributed by atoms with Crippen LogP contribution in [0, 0.1) is 0 Å². The van der Waals surface area contributed by atoms with Crippen LogP contribution in [0.3, 0.4) is 0 Å². The smallest absolute Gasteiger partial charge is 0.173 e. The van der Waals surface area contributed by atoms with Gasteiger partial charge in [-0.15, -0.1) is 0 Å². The number of benzene rings is 2. The van der Waals surface area contributed by atoms with Crippen molar-refractivity contribution in [1.29, 1.82) is 0 Å². The van der Waals surface area contributed by atoms with Crippen LogP contribution in [0.5, 0.6) is 0 Å². The number of halogens is 1. The molecule has 0 aromatic heterocycles. The quantitative estimate of drug-likeness (QED) is 0.842. The summed E-state index contributed by atoms with van der Waals surface area (Å²) in [7, 11) is 0. The van der Waals surface area contributed by atoms with E-state index < -0.39 is 0 Å². The highest BCUT2D eigenvalue weighted by molar-refractivity contribution is 7.80. The fourth-order valence-electron chi connectivity index (χ4n) is 2.58. The van der Waals surface area contributed by atoms with Crippen LogP contribution in [-0.2, 0) is 0 Å². The molecule has 0 spiro atoms. The van der Waals surface area contributed by atoms with Gasteiger partial charge in [0, 0.05) is 31.9 Å². The average molecular weight is 332 g/mol. The summed E-state index contributed by atoms with van der Waals surface area (Å²) in [6, 6.07) is 18.0. The second kappa shape index (κ2) is 6.99. The first kappa shape index (κ1) is 15.1. The zero-order valence-corrected chi connectivity index (χ0v) is 13.8. The molecule has 5 heteroatoms. The van der Waals surface area contributed by atoms with Gasteiger partial charge in [0.25, 0.3) is 0 Å². The van der Waals surface area contributed by atoms with Gasteiger partial charge in [0.05, 0.1) is 10.7 Å². The molecule has 2 aromatic rings. The maximum absolute atomic E-state index is 6.27. The number of piperazine rings is 1. The van der Waals surface area contributed by atoms with Crippen molar-refractivity contribution >= 4 is 40.3 Å². The van der Waals surface area contributed by atoms with Crippen molar-refractivity contribution in [2.75, 3.05) is 36.4 Å². The van der Waals surface area contributed by atoms with E-state index in [4.69, 9.17) is 23.8 Å². The Labute approximate surface area is 141 Å². The van der Waals surface area contributed by atoms with E-state index >= 15 is 0 Å². The van der Waals surface area contributed by atoms with Crippen molar-refractivity contribution in [3.8, 4) is 0 Å². The van der Waals surface area contributed by atoms with Gasteiger partial charge in [-0.3, -0.25) is 0 Å². The standard InChI is InChI=1S/C17H18ClN3S/c18-15-8-4-5-9-16(15)20-10-12-21(13-11-20)17(22)19-14-6-2-1-3-7-14/h1-9H,10-13H2,(H,19,22). The van der Waals surface area contributed by atoms with Gasteiger partial charge in [0.2, 0.25) is 0 Å². The third-order valence-electron chi connectivity index (χ3n) is 3.79. The molecule has 1 aliphatic heterocycles. The molecule has 0 atom stereocenters. The number of rotatable bonds is 2. The van der Waals surface area contributed by atoms with Crippen LogP contribution in [-0.4, -0.2) is 36.2 Å². The molecule has 3 rings (SSSR count). The summed E-state index contributed by atoms with van der Waals surface area (Å²) < 4.78 is 0. The highest BCUT2D eigenvalue weighted by Crippen LogP contribution is 2.26. The third kappa shape index (κ3) is 3.51. The lowest BCUT2D eigenvalue weighted by atomic mass is 10.2. The van der Waals surface area contributed by atoms with Gasteiger partial charge < -0.3 is 15.1 Å². The Hall–Kier alpha value is -1.78. The first-order valence-electron chi connectivity index (χ1n) is 7.34. The van der Waals surface area contributed by atoms with Crippen molar-refractivity contribution in [3.63, 3.8) is 0 Å². The van der Waals surface area contributed by atoms with Gasteiger partial charge in [0.15, 0.2) is 5.11 Å². The lowest BCUT2D eigenvalue weighted by molar-refractivity contribution is 0.391. The van der Waals surface area contributed by atoms with Crippen LogP contribution >= 0.6 is 23.8 Å². The largest absolute Gasteiger partial charge is 0.367 e. The number of nitrogens with one attached hydrogen (secondary N) is 1. The van der Waals surface area contributed by atoms with Crippen LogP contribution in [0.25, 0.3) is 0 Å². The molecular formula is C17H18ClN3S. The molecule has 1 heterocycles. The molecule has 0 bridgehead atoms. The van der Waals surface area contributed by atoms with Gasteiger partial charge in [-0.25, -0.2) is 0 Å². The van der Waals surface area contributed by atoms with E-state index in [0.717, 1.165) is 47.7 Å². The highest BCUT2D eigenvalue weighted by atomic mass is 35.5. The molecule has 0 saturated carbocycles. The molecule has 3 nitrogen and oxygen atoms in total. The van der Waals surface area contributed by atoms with Gasteiger partial charge in [-0.2, -0.15) is 0 Å². The fourth-order valence-corrected chi connectivity index (χ4v) is 3.14. The minimum absolute atomic E-state index is 0.782. The normalized spacial score (nSPS) is 14.8. The van der Waals surface area contributed by atoms with Crippen LogP contribution < -0.4 is 10.2 Å². The third-order valence-corrected chi connectivity index (χ3v) is 4.46. The summed E-state index contributed by atoms with van der Waals surface area (Å²) >= 11 is 11.8. The lowest BCUT2D eigenvalue weighted by Gasteiger charge is -2.37. The van der Waals surface area contributed by atoms with E-state index in [-0.39, 0.29) is 0 Å². The summed E-state index contributed by atoms with van der Waals surface area (Å²) in [4.78, 5) is 4.51. The molecule has 1 N–H and O–H groups in total. The molecule has 1 fully saturated rings. The van der Waals surface area contributed by atoms with Crippen molar-refractivity contribution in [3.05, 3.63) is 59.6 Å². The Bertz CT molecular complexity index is 639. The molecule has 1 aliphatic rings. The first-order chi connectivity index (χ1) is 10.7. The first-order valence-corrected chi connectivity index (χ1v) is 8.13. The van der Waals surface area contributed by atoms with Gasteiger partial charge in [-0.05, 0) is 36.5 Å². The number of nitrogens with zero attached hydrogens (tertiary/aromatic N) is 2. The molecule has 0 amide bonds.